The Morgan fingerprint density at radius 1 is 1.14 bits per heavy atom. The van der Waals surface area contributed by atoms with Gasteiger partial charge in [0.15, 0.2) is 0 Å². The number of aryl methyl sites for hydroxylation is 1. The highest BCUT2D eigenvalue weighted by molar-refractivity contribution is 5.99. The Kier molecular flexibility index (Phi) is 4.01. The lowest BCUT2D eigenvalue weighted by Crippen LogP contribution is -2.00. The number of nitrogens with zero attached hydrogens (tertiary/aromatic N) is 3. The van der Waals surface area contributed by atoms with Gasteiger partial charge >= 0.3 is 0 Å². The Labute approximate surface area is 130 Å². The third-order valence-corrected chi connectivity index (χ3v) is 3.46. The van der Waals surface area contributed by atoms with Crippen LogP contribution in [0.1, 0.15) is 18.1 Å². The van der Waals surface area contributed by atoms with Crippen molar-refractivity contribution in [3.8, 4) is 5.69 Å². The number of rotatable bonds is 4. The molecule has 0 aliphatic rings. The fourth-order valence-electron chi connectivity index (χ4n) is 2.21. The van der Waals surface area contributed by atoms with E-state index in [0.29, 0.717) is 0 Å². The SMILES string of the molecule is C/C(=N/Nc1cccc(C)c1)c1ccc(-n2ccnc2)cc1. The van der Waals surface area contributed by atoms with Crippen LogP contribution in [0.3, 0.4) is 0 Å². The van der Waals surface area contributed by atoms with E-state index in [0.717, 1.165) is 22.6 Å². The average molecular weight is 290 g/mol. The minimum absolute atomic E-state index is 0.943. The van der Waals surface area contributed by atoms with Crippen molar-refractivity contribution in [2.75, 3.05) is 5.43 Å². The number of nitrogens with one attached hydrogen (secondary N) is 1. The lowest BCUT2D eigenvalue weighted by Gasteiger charge is -2.06. The molecule has 4 nitrogen and oxygen atoms in total. The summed E-state index contributed by atoms with van der Waals surface area (Å²) in [4.78, 5) is 4.06. The van der Waals surface area contributed by atoms with Gasteiger partial charge in [0, 0.05) is 18.1 Å². The van der Waals surface area contributed by atoms with Crippen molar-refractivity contribution >= 4 is 11.4 Å². The molecule has 0 fully saturated rings. The molecule has 0 spiro atoms. The largest absolute Gasteiger partial charge is 0.306 e. The van der Waals surface area contributed by atoms with Crippen molar-refractivity contribution in [1.29, 1.82) is 0 Å². The summed E-state index contributed by atoms with van der Waals surface area (Å²) in [6, 6.07) is 16.4. The molecule has 0 aliphatic carbocycles. The van der Waals surface area contributed by atoms with Crippen LogP contribution < -0.4 is 5.43 Å². The smallest absolute Gasteiger partial charge is 0.0991 e. The first-order chi connectivity index (χ1) is 10.7. The minimum Gasteiger partial charge on any atom is -0.306 e. The van der Waals surface area contributed by atoms with Crippen molar-refractivity contribution in [3.63, 3.8) is 0 Å². The highest BCUT2D eigenvalue weighted by Crippen LogP contribution is 2.12. The van der Waals surface area contributed by atoms with E-state index in [1.165, 1.54) is 5.56 Å². The molecule has 0 amide bonds. The molecule has 0 atom stereocenters. The van der Waals surface area contributed by atoms with E-state index < -0.39 is 0 Å². The maximum Gasteiger partial charge on any atom is 0.0991 e. The van der Waals surface area contributed by atoms with Gasteiger partial charge in [-0.25, -0.2) is 4.98 Å². The number of aromatic nitrogens is 2. The van der Waals surface area contributed by atoms with Crippen LogP contribution in [0.15, 0.2) is 72.4 Å². The minimum atomic E-state index is 0.943. The van der Waals surface area contributed by atoms with Gasteiger partial charge in [-0.2, -0.15) is 5.10 Å². The van der Waals surface area contributed by atoms with E-state index in [9.17, 15) is 0 Å². The van der Waals surface area contributed by atoms with Gasteiger partial charge in [-0.05, 0) is 49.2 Å². The van der Waals surface area contributed by atoms with Gasteiger partial charge in [0.05, 0.1) is 17.7 Å². The number of anilines is 1. The zero-order chi connectivity index (χ0) is 15.4. The normalized spacial score (nSPS) is 11.5. The monoisotopic (exact) mass is 290 g/mol. The maximum atomic E-state index is 4.45. The number of imidazole rings is 1. The second kappa shape index (κ2) is 6.26. The molecule has 1 heterocycles. The maximum absolute atomic E-state index is 4.45. The van der Waals surface area contributed by atoms with Crippen LogP contribution in [0.25, 0.3) is 5.69 Å². The molecule has 1 N–H and O–H groups in total. The second-order valence-electron chi connectivity index (χ2n) is 5.20. The van der Waals surface area contributed by atoms with Crippen LogP contribution in [0, 0.1) is 6.92 Å². The van der Waals surface area contributed by atoms with Crippen molar-refractivity contribution in [2.45, 2.75) is 13.8 Å². The Bertz CT molecular complexity index is 771. The van der Waals surface area contributed by atoms with E-state index in [2.05, 4.69) is 58.8 Å². The summed E-state index contributed by atoms with van der Waals surface area (Å²) in [7, 11) is 0. The Balaban J connectivity index is 1.74. The lowest BCUT2D eigenvalue weighted by atomic mass is 10.1. The van der Waals surface area contributed by atoms with Gasteiger partial charge in [0.2, 0.25) is 0 Å². The van der Waals surface area contributed by atoms with Gasteiger partial charge in [0.25, 0.3) is 0 Å². The highest BCUT2D eigenvalue weighted by atomic mass is 15.3. The second-order valence-corrected chi connectivity index (χ2v) is 5.20. The quantitative estimate of drug-likeness (QED) is 0.582. The fraction of sp³-hybridized carbons (Fsp3) is 0.111. The van der Waals surface area contributed by atoms with Gasteiger partial charge < -0.3 is 4.57 Å². The first-order valence-corrected chi connectivity index (χ1v) is 7.18. The first kappa shape index (κ1) is 14.1. The van der Waals surface area contributed by atoms with Gasteiger partial charge in [-0.3, -0.25) is 5.43 Å². The molecule has 3 rings (SSSR count). The molecule has 0 saturated carbocycles. The molecule has 0 radical (unpaired) electrons. The predicted molar refractivity (Wildman–Crippen MR) is 90.6 cm³/mol. The van der Waals surface area contributed by atoms with Crippen LogP contribution in [-0.2, 0) is 0 Å². The topological polar surface area (TPSA) is 42.2 Å². The summed E-state index contributed by atoms with van der Waals surface area (Å²) in [6.07, 6.45) is 5.48. The van der Waals surface area contributed by atoms with Gasteiger partial charge in [0.1, 0.15) is 0 Å². The molecule has 4 heteroatoms. The van der Waals surface area contributed by atoms with Crippen LogP contribution >= 0.6 is 0 Å². The van der Waals surface area contributed by atoms with Gasteiger partial charge in [-0.1, -0.05) is 24.3 Å². The summed E-state index contributed by atoms with van der Waals surface area (Å²) in [6.45, 7) is 4.06. The molecule has 110 valence electrons. The van der Waals surface area contributed by atoms with E-state index >= 15 is 0 Å². The molecule has 0 aliphatic heterocycles. The molecular formula is C18H18N4. The summed E-state index contributed by atoms with van der Waals surface area (Å²) >= 11 is 0. The summed E-state index contributed by atoms with van der Waals surface area (Å²) in [5.74, 6) is 0. The lowest BCUT2D eigenvalue weighted by molar-refractivity contribution is 1.06. The van der Waals surface area contributed by atoms with Crippen molar-refractivity contribution < 1.29 is 0 Å². The summed E-state index contributed by atoms with van der Waals surface area (Å²) in [5.41, 5.74) is 8.42. The van der Waals surface area contributed by atoms with E-state index in [4.69, 9.17) is 0 Å². The highest BCUT2D eigenvalue weighted by Gasteiger charge is 2.00. The summed E-state index contributed by atoms with van der Waals surface area (Å²) < 4.78 is 1.97. The Morgan fingerprint density at radius 3 is 2.64 bits per heavy atom. The van der Waals surface area contributed by atoms with Gasteiger partial charge in [-0.15, -0.1) is 0 Å². The van der Waals surface area contributed by atoms with E-state index in [-0.39, 0.29) is 0 Å². The molecular weight excluding hydrogens is 272 g/mol. The molecule has 0 unspecified atom stereocenters. The molecule has 0 bridgehead atoms. The van der Waals surface area contributed by atoms with Crippen molar-refractivity contribution in [1.82, 2.24) is 9.55 Å². The number of benzene rings is 2. The molecule has 22 heavy (non-hydrogen) atoms. The first-order valence-electron chi connectivity index (χ1n) is 7.18. The molecule has 0 saturated heterocycles. The van der Waals surface area contributed by atoms with Crippen molar-refractivity contribution in [3.05, 3.63) is 78.4 Å². The predicted octanol–water partition coefficient (Wildman–Crippen LogP) is 4.02. The standard InChI is InChI=1S/C18H18N4/c1-14-4-3-5-17(12-14)21-20-15(2)16-6-8-18(9-7-16)22-11-10-19-13-22/h3-13,21H,1-2H3/b20-15-. The Morgan fingerprint density at radius 2 is 1.95 bits per heavy atom. The van der Waals surface area contributed by atoms with Crippen LogP contribution in [0.4, 0.5) is 5.69 Å². The third-order valence-electron chi connectivity index (χ3n) is 3.46. The average Bonchev–Trinajstić information content (AvgIpc) is 3.07. The van der Waals surface area contributed by atoms with Crippen LogP contribution in [0.2, 0.25) is 0 Å². The zero-order valence-electron chi connectivity index (χ0n) is 12.7. The number of hydrazone groups is 1. The fourth-order valence-corrected chi connectivity index (χ4v) is 2.21. The van der Waals surface area contributed by atoms with E-state index in [1.807, 2.05) is 29.8 Å². The van der Waals surface area contributed by atoms with Crippen LogP contribution in [-0.4, -0.2) is 15.3 Å². The number of hydrogen-bond donors (Lipinski definition) is 1. The number of hydrogen-bond acceptors (Lipinski definition) is 3. The summed E-state index contributed by atoms with van der Waals surface area (Å²) in [5, 5.41) is 4.45. The third kappa shape index (κ3) is 3.23. The molecule has 3 aromatic rings. The Hall–Kier alpha value is -2.88. The van der Waals surface area contributed by atoms with E-state index in [1.54, 1.807) is 12.5 Å². The zero-order valence-corrected chi connectivity index (χ0v) is 12.7. The van der Waals surface area contributed by atoms with Crippen LogP contribution in [0.5, 0.6) is 0 Å². The molecule has 1 aromatic heterocycles. The molecule has 2 aromatic carbocycles. The van der Waals surface area contributed by atoms with Crippen molar-refractivity contribution in [2.24, 2.45) is 5.10 Å².